The maximum absolute atomic E-state index is 12.1. The second kappa shape index (κ2) is 7.58. The van der Waals surface area contributed by atoms with E-state index in [1.165, 1.54) is 0 Å². The Labute approximate surface area is 134 Å². The van der Waals surface area contributed by atoms with Gasteiger partial charge in [-0.1, -0.05) is 17.7 Å². The van der Waals surface area contributed by atoms with Gasteiger partial charge < -0.3 is 15.3 Å². The molecule has 0 spiro atoms. The molecule has 0 saturated carbocycles. The molecule has 6 nitrogen and oxygen atoms in total. The molecular weight excluding hydrogens is 306 g/mol. The number of carbonyl (C=O) groups excluding carboxylic acids is 1. The average molecular weight is 326 g/mol. The van der Waals surface area contributed by atoms with Gasteiger partial charge in [-0.25, -0.2) is 0 Å². The van der Waals surface area contributed by atoms with Crippen molar-refractivity contribution in [2.24, 2.45) is 0 Å². The molecule has 22 heavy (non-hydrogen) atoms. The number of carboxylic acid groups (broad SMARTS) is 1. The maximum Gasteiger partial charge on any atom is 0.321 e. The normalized spacial score (nSPS) is 17.9. The third-order valence-electron chi connectivity index (χ3n) is 3.75. The van der Waals surface area contributed by atoms with E-state index in [1.807, 2.05) is 11.9 Å². The Morgan fingerprint density at radius 1 is 1.32 bits per heavy atom. The van der Waals surface area contributed by atoms with Crippen LogP contribution >= 0.6 is 11.6 Å². The third-order valence-corrected chi connectivity index (χ3v) is 3.99. The predicted octanol–water partition coefficient (Wildman–Crippen LogP) is 1.37. The van der Waals surface area contributed by atoms with Crippen LogP contribution in [-0.2, 0) is 9.59 Å². The summed E-state index contributed by atoms with van der Waals surface area (Å²) >= 11 is 5.86. The predicted molar refractivity (Wildman–Crippen MR) is 85.2 cm³/mol. The molecule has 0 aromatic heterocycles. The molecule has 0 radical (unpaired) electrons. The SMILES string of the molecule is CN1CCN(C(CC(=O)Nc2cccc(Cl)c2)C(=O)O)CC1. The summed E-state index contributed by atoms with van der Waals surface area (Å²) in [7, 11) is 2.00. The molecule has 1 heterocycles. The minimum Gasteiger partial charge on any atom is -0.480 e. The molecule has 1 aliphatic rings. The topological polar surface area (TPSA) is 72.9 Å². The summed E-state index contributed by atoms with van der Waals surface area (Å²) in [4.78, 5) is 27.5. The number of benzene rings is 1. The number of carbonyl (C=O) groups is 2. The van der Waals surface area contributed by atoms with E-state index in [9.17, 15) is 14.7 Å². The number of anilines is 1. The van der Waals surface area contributed by atoms with Gasteiger partial charge in [0, 0.05) is 36.9 Å². The Hall–Kier alpha value is -1.63. The lowest BCUT2D eigenvalue weighted by Gasteiger charge is -2.35. The highest BCUT2D eigenvalue weighted by atomic mass is 35.5. The number of hydrogen-bond acceptors (Lipinski definition) is 4. The Bertz CT molecular complexity index is 545. The van der Waals surface area contributed by atoms with Gasteiger partial charge in [-0.15, -0.1) is 0 Å². The Balaban J connectivity index is 1.95. The molecule has 120 valence electrons. The summed E-state index contributed by atoms with van der Waals surface area (Å²) in [6.07, 6.45) is -0.0778. The van der Waals surface area contributed by atoms with Crippen molar-refractivity contribution in [1.29, 1.82) is 0 Å². The number of nitrogens with one attached hydrogen (secondary N) is 1. The lowest BCUT2D eigenvalue weighted by atomic mass is 10.1. The fourth-order valence-corrected chi connectivity index (χ4v) is 2.65. The van der Waals surface area contributed by atoms with Gasteiger partial charge in [0.25, 0.3) is 0 Å². The van der Waals surface area contributed by atoms with Crippen LogP contribution in [0.4, 0.5) is 5.69 Å². The number of amides is 1. The summed E-state index contributed by atoms with van der Waals surface area (Å²) in [5.74, 6) is -1.29. The van der Waals surface area contributed by atoms with E-state index in [4.69, 9.17) is 11.6 Å². The number of hydrogen-bond donors (Lipinski definition) is 2. The van der Waals surface area contributed by atoms with Crippen LogP contribution in [0, 0.1) is 0 Å². The molecule has 1 saturated heterocycles. The molecular formula is C15H20ClN3O3. The third kappa shape index (κ3) is 4.69. The lowest BCUT2D eigenvalue weighted by molar-refractivity contribution is -0.145. The first-order chi connectivity index (χ1) is 10.5. The first-order valence-electron chi connectivity index (χ1n) is 7.16. The summed E-state index contributed by atoms with van der Waals surface area (Å²) in [5.41, 5.74) is 0.569. The van der Waals surface area contributed by atoms with Crippen LogP contribution in [-0.4, -0.2) is 66.1 Å². The number of likely N-dealkylation sites (N-methyl/N-ethyl adjacent to an activating group) is 1. The molecule has 1 fully saturated rings. The molecule has 1 amide bonds. The first kappa shape index (κ1) is 16.7. The van der Waals surface area contributed by atoms with Crippen molar-refractivity contribution in [2.45, 2.75) is 12.5 Å². The smallest absolute Gasteiger partial charge is 0.321 e. The van der Waals surface area contributed by atoms with E-state index >= 15 is 0 Å². The number of carboxylic acids is 1. The summed E-state index contributed by atoms with van der Waals surface area (Å²) in [5, 5.41) is 12.6. The van der Waals surface area contributed by atoms with Gasteiger partial charge in [-0.2, -0.15) is 0 Å². The molecule has 2 N–H and O–H groups in total. The standard InChI is InChI=1S/C15H20ClN3O3/c1-18-5-7-19(8-6-18)13(15(21)22)10-14(20)17-12-4-2-3-11(16)9-12/h2-4,9,13H,5-8,10H2,1H3,(H,17,20)(H,21,22). The number of nitrogens with zero attached hydrogens (tertiary/aromatic N) is 2. The van der Waals surface area contributed by atoms with Gasteiger partial charge in [0.05, 0.1) is 6.42 Å². The van der Waals surface area contributed by atoms with Crippen LogP contribution in [0.15, 0.2) is 24.3 Å². The van der Waals surface area contributed by atoms with E-state index in [0.717, 1.165) is 13.1 Å². The van der Waals surface area contributed by atoms with Gasteiger partial charge in [-0.05, 0) is 25.2 Å². The minimum absolute atomic E-state index is 0.0778. The number of piperazine rings is 1. The second-order valence-corrected chi connectivity index (χ2v) is 5.89. The molecule has 1 unspecified atom stereocenters. The molecule has 2 rings (SSSR count). The zero-order chi connectivity index (χ0) is 16.1. The zero-order valence-electron chi connectivity index (χ0n) is 12.5. The van der Waals surface area contributed by atoms with E-state index < -0.39 is 12.0 Å². The number of halogens is 1. The Morgan fingerprint density at radius 2 is 2.00 bits per heavy atom. The molecule has 1 aliphatic heterocycles. The highest BCUT2D eigenvalue weighted by molar-refractivity contribution is 6.30. The summed E-state index contributed by atoms with van der Waals surface area (Å²) in [6.45, 7) is 2.91. The van der Waals surface area contributed by atoms with Crippen LogP contribution in [0.3, 0.4) is 0 Å². The lowest BCUT2D eigenvalue weighted by Crippen LogP contribution is -2.52. The van der Waals surface area contributed by atoms with Gasteiger partial charge in [0.15, 0.2) is 0 Å². The Kier molecular flexibility index (Phi) is 5.76. The molecule has 1 aromatic rings. The van der Waals surface area contributed by atoms with E-state index in [2.05, 4.69) is 10.2 Å². The highest BCUT2D eigenvalue weighted by Crippen LogP contribution is 2.16. The van der Waals surface area contributed by atoms with Crippen molar-refractivity contribution in [3.8, 4) is 0 Å². The van der Waals surface area contributed by atoms with Gasteiger partial charge in [-0.3, -0.25) is 14.5 Å². The molecule has 7 heteroatoms. The van der Waals surface area contributed by atoms with E-state index in [0.29, 0.717) is 23.8 Å². The van der Waals surface area contributed by atoms with Crippen molar-refractivity contribution in [2.75, 3.05) is 38.5 Å². The molecule has 1 atom stereocenters. The van der Waals surface area contributed by atoms with Crippen LogP contribution in [0.1, 0.15) is 6.42 Å². The van der Waals surface area contributed by atoms with Gasteiger partial charge in [0.1, 0.15) is 6.04 Å². The van der Waals surface area contributed by atoms with E-state index in [1.54, 1.807) is 24.3 Å². The van der Waals surface area contributed by atoms with Crippen molar-refractivity contribution in [3.63, 3.8) is 0 Å². The molecule has 0 bridgehead atoms. The maximum atomic E-state index is 12.1. The average Bonchev–Trinajstić information content (AvgIpc) is 2.45. The van der Waals surface area contributed by atoms with Crippen molar-refractivity contribution < 1.29 is 14.7 Å². The monoisotopic (exact) mass is 325 g/mol. The first-order valence-corrected chi connectivity index (χ1v) is 7.54. The largest absolute Gasteiger partial charge is 0.480 e. The summed E-state index contributed by atoms with van der Waals surface area (Å²) in [6, 6.07) is 5.99. The zero-order valence-corrected chi connectivity index (χ0v) is 13.2. The van der Waals surface area contributed by atoms with Crippen LogP contribution in [0.5, 0.6) is 0 Å². The second-order valence-electron chi connectivity index (χ2n) is 5.46. The summed E-state index contributed by atoms with van der Waals surface area (Å²) < 4.78 is 0. The number of rotatable bonds is 5. The van der Waals surface area contributed by atoms with E-state index in [-0.39, 0.29) is 12.3 Å². The van der Waals surface area contributed by atoms with Crippen LogP contribution < -0.4 is 5.32 Å². The minimum atomic E-state index is -0.967. The van der Waals surface area contributed by atoms with Crippen molar-refractivity contribution in [1.82, 2.24) is 9.80 Å². The van der Waals surface area contributed by atoms with Crippen LogP contribution in [0.2, 0.25) is 5.02 Å². The Morgan fingerprint density at radius 3 is 2.59 bits per heavy atom. The molecule has 1 aromatic carbocycles. The molecule has 0 aliphatic carbocycles. The fourth-order valence-electron chi connectivity index (χ4n) is 2.46. The van der Waals surface area contributed by atoms with Crippen molar-refractivity contribution >= 4 is 29.2 Å². The van der Waals surface area contributed by atoms with Gasteiger partial charge >= 0.3 is 5.97 Å². The fraction of sp³-hybridized carbons (Fsp3) is 0.467. The quantitative estimate of drug-likeness (QED) is 0.855. The van der Waals surface area contributed by atoms with Crippen molar-refractivity contribution in [3.05, 3.63) is 29.3 Å². The van der Waals surface area contributed by atoms with Gasteiger partial charge in [0.2, 0.25) is 5.91 Å². The van der Waals surface area contributed by atoms with Crippen LogP contribution in [0.25, 0.3) is 0 Å². The number of aliphatic carboxylic acids is 1. The highest BCUT2D eigenvalue weighted by Gasteiger charge is 2.30.